The van der Waals surface area contributed by atoms with E-state index in [2.05, 4.69) is 16.1 Å². The first kappa shape index (κ1) is 15.2. The van der Waals surface area contributed by atoms with E-state index in [-0.39, 0.29) is 0 Å². The molecule has 3 heterocycles. The fourth-order valence-electron chi connectivity index (χ4n) is 3.53. The summed E-state index contributed by atoms with van der Waals surface area (Å²) in [5.41, 5.74) is 4.64. The van der Waals surface area contributed by atoms with Crippen LogP contribution >= 0.6 is 11.6 Å². The number of fused-ring (bicyclic) bond motifs is 2. The number of aromatic nitrogens is 3. The molecule has 1 N–H and O–H groups in total. The summed E-state index contributed by atoms with van der Waals surface area (Å²) < 4.78 is 1.93. The zero-order valence-corrected chi connectivity index (χ0v) is 13.8. The molecule has 24 heavy (non-hydrogen) atoms. The van der Waals surface area contributed by atoms with Crippen LogP contribution in [0.4, 0.5) is 4.79 Å². The fourth-order valence-corrected chi connectivity index (χ4v) is 3.71. The van der Waals surface area contributed by atoms with Gasteiger partial charge in [0, 0.05) is 30.2 Å². The second-order valence-electron chi connectivity index (χ2n) is 6.11. The van der Waals surface area contributed by atoms with E-state index >= 15 is 0 Å². The van der Waals surface area contributed by atoms with Gasteiger partial charge in [0.1, 0.15) is 6.33 Å². The molecule has 4 rings (SSSR count). The number of benzene rings is 1. The van der Waals surface area contributed by atoms with Crippen LogP contribution in [0.2, 0.25) is 5.02 Å². The van der Waals surface area contributed by atoms with E-state index in [4.69, 9.17) is 16.7 Å². The molecule has 0 unspecified atom stereocenters. The standard InChI is InChI=1S/C17H17ClN4O2/c18-13-2-1-11-5-8-22-16(19-10-20-22)15(14(11)9-13)12-3-6-21(7-4-12)17(23)24/h1-2,9-10H,3-8H2,(H,23,24). The van der Waals surface area contributed by atoms with Crippen molar-refractivity contribution < 1.29 is 9.90 Å². The summed E-state index contributed by atoms with van der Waals surface area (Å²) in [6.07, 6.45) is 3.02. The first-order valence-electron chi connectivity index (χ1n) is 8.00. The normalized spacial score (nSPS) is 17.3. The maximum absolute atomic E-state index is 11.2. The van der Waals surface area contributed by atoms with E-state index in [1.54, 1.807) is 6.33 Å². The summed E-state index contributed by atoms with van der Waals surface area (Å²) in [5.74, 6) is 0.856. The zero-order chi connectivity index (χ0) is 16.7. The lowest BCUT2D eigenvalue weighted by Crippen LogP contribution is -2.35. The molecule has 124 valence electrons. The lowest BCUT2D eigenvalue weighted by molar-refractivity contribution is 0.142. The Bertz CT molecular complexity index is 833. The lowest BCUT2D eigenvalue weighted by Gasteiger charge is -2.27. The number of rotatable bonds is 0. The highest BCUT2D eigenvalue weighted by Gasteiger charge is 2.26. The van der Waals surface area contributed by atoms with Crippen LogP contribution < -0.4 is 0 Å². The van der Waals surface area contributed by atoms with Crippen LogP contribution in [0.25, 0.3) is 5.57 Å². The number of hydrogen-bond donors (Lipinski definition) is 1. The van der Waals surface area contributed by atoms with Crippen molar-refractivity contribution in [1.29, 1.82) is 0 Å². The summed E-state index contributed by atoms with van der Waals surface area (Å²) in [5, 5.41) is 14.2. The molecule has 1 amide bonds. The molecule has 0 radical (unpaired) electrons. The quantitative estimate of drug-likeness (QED) is 0.797. The minimum absolute atomic E-state index is 0.512. The van der Waals surface area contributed by atoms with Crippen molar-refractivity contribution >= 4 is 23.3 Å². The molecule has 0 aliphatic carbocycles. The predicted molar refractivity (Wildman–Crippen MR) is 90.0 cm³/mol. The third kappa shape index (κ3) is 2.57. The van der Waals surface area contributed by atoms with Gasteiger partial charge in [0.25, 0.3) is 0 Å². The van der Waals surface area contributed by atoms with Gasteiger partial charge >= 0.3 is 6.09 Å². The Morgan fingerprint density at radius 1 is 1.17 bits per heavy atom. The Hall–Kier alpha value is -2.34. The summed E-state index contributed by atoms with van der Waals surface area (Å²) in [6, 6.07) is 5.97. The molecular weight excluding hydrogens is 328 g/mol. The Morgan fingerprint density at radius 2 is 1.96 bits per heavy atom. The highest BCUT2D eigenvalue weighted by Crippen LogP contribution is 2.36. The molecule has 0 atom stereocenters. The maximum atomic E-state index is 11.2. The Labute approximate surface area is 144 Å². The second-order valence-corrected chi connectivity index (χ2v) is 6.54. The molecule has 0 spiro atoms. The molecule has 1 aromatic carbocycles. The van der Waals surface area contributed by atoms with Crippen LogP contribution in [-0.2, 0) is 13.0 Å². The van der Waals surface area contributed by atoms with Crippen LogP contribution in [0.5, 0.6) is 0 Å². The molecule has 6 nitrogen and oxygen atoms in total. The zero-order valence-electron chi connectivity index (χ0n) is 13.1. The Balaban J connectivity index is 1.84. The number of piperidine rings is 1. The third-order valence-corrected chi connectivity index (χ3v) is 5.00. The van der Waals surface area contributed by atoms with E-state index in [1.807, 2.05) is 16.8 Å². The summed E-state index contributed by atoms with van der Waals surface area (Å²) in [6.45, 7) is 1.80. The van der Waals surface area contributed by atoms with Gasteiger partial charge in [-0.2, -0.15) is 5.10 Å². The number of aryl methyl sites for hydroxylation is 2. The monoisotopic (exact) mass is 344 g/mol. The molecule has 2 aromatic rings. The SMILES string of the molecule is O=C(O)N1CCC(=C2c3cc(Cl)ccc3CCn3ncnc32)CC1. The summed E-state index contributed by atoms with van der Waals surface area (Å²) >= 11 is 6.25. The van der Waals surface area contributed by atoms with E-state index < -0.39 is 6.09 Å². The van der Waals surface area contributed by atoms with Gasteiger partial charge in [-0.15, -0.1) is 0 Å². The number of hydrogen-bond acceptors (Lipinski definition) is 3. The number of amides is 1. The van der Waals surface area contributed by atoms with Crippen molar-refractivity contribution in [2.75, 3.05) is 13.1 Å². The van der Waals surface area contributed by atoms with Gasteiger partial charge in [0.15, 0.2) is 5.82 Å². The van der Waals surface area contributed by atoms with Gasteiger partial charge in [-0.3, -0.25) is 0 Å². The predicted octanol–water partition coefficient (Wildman–Crippen LogP) is 3.06. The van der Waals surface area contributed by atoms with Crippen molar-refractivity contribution in [2.45, 2.75) is 25.8 Å². The minimum Gasteiger partial charge on any atom is -0.465 e. The van der Waals surface area contributed by atoms with Crippen molar-refractivity contribution in [3.8, 4) is 0 Å². The minimum atomic E-state index is -0.855. The van der Waals surface area contributed by atoms with Crippen molar-refractivity contribution in [1.82, 2.24) is 19.7 Å². The maximum Gasteiger partial charge on any atom is 0.407 e. The fraction of sp³-hybridized carbons (Fsp3) is 0.353. The first-order chi connectivity index (χ1) is 11.6. The molecule has 0 saturated carbocycles. The largest absolute Gasteiger partial charge is 0.465 e. The van der Waals surface area contributed by atoms with Crippen LogP contribution in [0.15, 0.2) is 30.1 Å². The Morgan fingerprint density at radius 3 is 2.71 bits per heavy atom. The Kier molecular flexibility index (Phi) is 3.76. The van der Waals surface area contributed by atoms with E-state index in [0.29, 0.717) is 31.0 Å². The van der Waals surface area contributed by atoms with Crippen LogP contribution in [0.3, 0.4) is 0 Å². The van der Waals surface area contributed by atoms with Gasteiger partial charge in [-0.1, -0.05) is 23.2 Å². The molecule has 1 saturated heterocycles. The van der Waals surface area contributed by atoms with E-state index in [0.717, 1.165) is 29.9 Å². The topological polar surface area (TPSA) is 71.2 Å². The van der Waals surface area contributed by atoms with Crippen molar-refractivity contribution in [3.05, 3.63) is 52.1 Å². The van der Waals surface area contributed by atoms with Crippen molar-refractivity contribution in [3.63, 3.8) is 0 Å². The van der Waals surface area contributed by atoms with Gasteiger partial charge < -0.3 is 10.0 Å². The van der Waals surface area contributed by atoms with Crippen LogP contribution in [-0.4, -0.2) is 44.0 Å². The third-order valence-electron chi connectivity index (χ3n) is 4.76. The highest BCUT2D eigenvalue weighted by atomic mass is 35.5. The van der Waals surface area contributed by atoms with Crippen molar-refractivity contribution in [2.24, 2.45) is 0 Å². The van der Waals surface area contributed by atoms with E-state index in [1.165, 1.54) is 16.0 Å². The highest BCUT2D eigenvalue weighted by molar-refractivity contribution is 6.30. The number of nitrogens with zero attached hydrogens (tertiary/aromatic N) is 4. The van der Waals surface area contributed by atoms with E-state index in [9.17, 15) is 4.79 Å². The van der Waals surface area contributed by atoms with Gasteiger partial charge in [0.2, 0.25) is 0 Å². The molecule has 7 heteroatoms. The molecule has 2 aliphatic heterocycles. The average molecular weight is 345 g/mol. The van der Waals surface area contributed by atoms with Crippen LogP contribution in [0, 0.1) is 0 Å². The number of carboxylic acid groups (broad SMARTS) is 1. The average Bonchev–Trinajstić information content (AvgIpc) is 2.97. The number of halogens is 1. The second kappa shape index (κ2) is 5.94. The molecule has 2 aliphatic rings. The number of likely N-dealkylation sites (tertiary alicyclic amines) is 1. The summed E-state index contributed by atoms with van der Waals surface area (Å²) in [7, 11) is 0. The number of carbonyl (C=O) groups is 1. The lowest BCUT2D eigenvalue weighted by atomic mass is 9.90. The smallest absolute Gasteiger partial charge is 0.407 e. The molecule has 1 aromatic heterocycles. The van der Waals surface area contributed by atoms with Crippen LogP contribution in [0.1, 0.15) is 29.8 Å². The van der Waals surface area contributed by atoms with Gasteiger partial charge in [-0.05, 0) is 42.5 Å². The van der Waals surface area contributed by atoms with Gasteiger partial charge in [-0.25, -0.2) is 14.5 Å². The first-order valence-corrected chi connectivity index (χ1v) is 8.38. The summed E-state index contributed by atoms with van der Waals surface area (Å²) in [4.78, 5) is 17.1. The molecule has 1 fully saturated rings. The van der Waals surface area contributed by atoms with Gasteiger partial charge in [0.05, 0.1) is 0 Å². The molecular formula is C17H17ClN4O2. The molecule has 0 bridgehead atoms.